The van der Waals surface area contributed by atoms with E-state index in [9.17, 15) is 0 Å². The highest BCUT2D eigenvalue weighted by molar-refractivity contribution is 7.13. The predicted molar refractivity (Wildman–Crippen MR) is 42.5 cm³/mol. The number of aromatic nitrogens is 2. The van der Waals surface area contributed by atoms with E-state index in [0.29, 0.717) is 0 Å². The topological polar surface area (TPSA) is 52.2 Å². The van der Waals surface area contributed by atoms with Crippen molar-refractivity contribution in [3.05, 3.63) is 22.3 Å². The largest absolute Gasteiger partial charge is 0.168 e. The average molecular weight is 165 g/mol. The molecule has 2 rings (SSSR count). The molecule has 1 aromatic heterocycles. The molecule has 1 radical (unpaired) electrons. The van der Waals surface area contributed by atoms with Gasteiger partial charge in [-0.2, -0.15) is 5.43 Å². The molecule has 5 heteroatoms. The Kier molecular flexibility index (Phi) is 1.43. The number of allylic oxidation sites excluding steroid dienone is 1. The van der Waals surface area contributed by atoms with Gasteiger partial charge in [0.05, 0.1) is 6.20 Å². The molecule has 0 saturated carbocycles. The van der Waals surface area contributed by atoms with E-state index in [1.807, 2.05) is 13.0 Å². The second kappa shape index (κ2) is 2.43. The first kappa shape index (κ1) is 6.48. The lowest BCUT2D eigenvalue weighted by Gasteiger charge is -1.83. The summed E-state index contributed by atoms with van der Waals surface area (Å²) < 4.78 is 0. The molecule has 2 heterocycles. The third-order valence-corrected chi connectivity index (χ3v) is 2.07. The molecule has 0 aromatic carbocycles. The molecule has 0 spiro atoms. The maximum Gasteiger partial charge on any atom is 0.168 e. The molecule has 0 N–H and O–H groups in total. The molecular formula is C6H5N4S. The summed E-state index contributed by atoms with van der Waals surface area (Å²) in [6.07, 6.45) is 3.46. The second-order valence-corrected chi connectivity index (χ2v) is 3.22. The third-order valence-electron chi connectivity index (χ3n) is 1.21. The third kappa shape index (κ3) is 1.14. The van der Waals surface area contributed by atoms with E-state index in [2.05, 4.69) is 20.7 Å². The van der Waals surface area contributed by atoms with E-state index in [0.717, 1.165) is 15.7 Å². The van der Waals surface area contributed by atoms with Crippen LogP contribution in [0.5, 0.6) is 0 Å². The number of rotatable bonds is 1. The summed E-state index contributed by atoms with van der Waals surface area (Å²) in [5, 5.41) is 13.4. The molecule has 0 aliphatic carbocycles. The highest BCUT2D eigenvalue weighted by atomic mass is 32.1. The van der Waals surface area contributed by atoms with Crippen LogP contribution in [0.3, 0.4) is 0 Å². The van der Waals surface area contributed by atoms with Crippen molar-refractivity contribution in [2.75, 3.05) is 0 Å². The summed E-state index contributed by atoms with van der Waals surface area (Å²) in [6, 6.07) is 0. The quantitative estimate of drug-likeness (QED) is 0.614. The van der Waals surface area contributed by atoms with E-state index >= 15 is 0 Å². The van der Waals surface area contributed by atoms with E-state index < -0.39 is 0 Å². The zero-order chi connectivity index (χ0) is 7.68. The molecule has 0 saturated heterocycles. The lowest BCUT2D eigenvalue weighted by Crippen LogP contribution is -1.92. The Bertz CT molecular complexity index is 325. The van der Waals surface area contributed by atoms with Gasteiger partial charge in [0.1, 0.15) is 10.7 Å². The summed E-state index contributed by atoms with van der Waals surface area (Å²) in [5.74, 6) is 0. The Labute approximate surface area is 67.7 Å². The minimum absolute atomic E-state index is 0.801. The molecular weight excluding hydrogens is 160 g/mol. The summed E-state index contributed by atoms with van der Waals surface area (Å²) in [4.78, 5) is 0. The number of nitrogens with zero attached hydrogens (tertiary/aromatic N) is 4. The molecule has 11 heavy (non-hydrogen) atoms. The molecule has 1 aromatic rings. The van der Waals surface area contributed by atoms with Crippen LogP contribution in [0, 0.1) is 6.92 Å². The first-order chi connectivity index (χ1) is 5.36. The van der Waals surface area contributed by atoms with Crippen LogP contribution in [0.1, 0.15) is 10.0 Å². The maximum atomic E-state index is 3.92. The smallest absolute Gasteiger partial charge is 0.158 e. The van der Waals surface area contributed by atoms with Gasteiger partial charge in [-0.25, -0.2) is 0 Å². The van der Waals surface area contributed by atoms with Crippen LogP contribution in [0.2, 0.25) is 0 Å². The fourth-order valence-electron chi connectivity index (χ4n) is 0.747. The Morgan fingerprint density at radius 2 is 2.27 bits per heavy atom. The molecule has 0 amide bonds. The van der Waals surface area contributed by atoms with Gasteiger partial charge in [0, 0.05) is 0 Å². The molecule has 4 nitrogen and oxygen atoms in total. The Morgan fingerprint density at radius 3 is 2.82 bits per heavy atom. The number of aryl methyl sites for hydroxylation is 1. The summed E-state index contributed by atoms with van der Waals surface area (Å²) in [6.45, 7) is 1.91. The molecule has 0 unspecified atom stereocenters. The van der Waals surface area contributed by atoms with Crippen molar-refractivity contribution in [2.45, 2.75) is 6.92 Å². The molecule has 0 fully saturated rings. The van der Waals surface area contributed by atoms with Crippen molar-refractivity contribution in [3.63, 3.8) is 0 Å². The standard InChI is InChI=1S/C6H5N4S/c1-4-8-10-6(11-4)5-2-3-7-9-5/h2-3H,1H3. The van der Waals surface area contributed by atoms with E-state index in [1.165, 1.54) is 11.3 Å². The maximum absolute atomic E-state index is 3.92. The van der Waals surface area contributed by atoms with Crippen molar-refractivity contribution in [3.8, 4) is 0 Å². The van der Waals surface area contributed by atoms with Crippen LogP contribution in [-0.4, -0.2) is 15.9 Å². The van der Waals surface area contributed by atoms with Gasteiger partial charge in [-0.3, -0.25) is 0 Å². The van der Waals surface area contributed by atoms with Crippen molar-refractivity contribution >= 4 is 17.0 Å². The lowest BCUT2D eigenvalue weighted by atomic mass is 10.4. The molecule has 1 aliphatic rings. The zero-order valence-electron chi connectivity index (χ0n) is 5.85. The van der Waals surface area contributed by atoms with E-state index in [-0.39, 0.29) is 0 Å². The Balaban J connectivity index is 2.36. The normalized spacial score (nSPS) is 14.8. The Morgan fingerprint density at radius 1 is 1.36 bits per heavy atom. The van der Waals surface area contributed by atoms with Crippen LogP contribution in [-0.2, 0) is 0 Å². The predicted octanol–water partition coefficient (Wildman–Crippen LogP) is 0.682. The monoisotopic (exact) mass is 165 g/mol. The van der Waals surface area contributed by atoms with E-state index in [1.54, 1.807) is 6.20 Å². The highest BCUT2D eigenvalue weighted by Gasteiger charge is 2.08. The van der Waals surface area contributed by atoms with Gasteiger partial charge in [-0.1, -0.05) is 11.3 Å². The van der Waals surface area contributed by atoms with Crippen LogP contribution in [0.4, 0.5) is 0 Å². The van der Waals surface area contributed by atoms with Crippen LogP contribution >= 0.6 is 11.3 Å². The molecule has 1 aliphatic heterocycles. The highest BCUT2D eigenvalue weighted by Crippen LogP contribution is 2.11. The SMILES string of the molecule is Cc1nnc(C2=N[N]C=C2)s1. The fourth-order valence-corrected chi connectivity index (χ4v) is 1.40. The zero-order valence-corrected chi connectivity index (χ0v) is 6.67. The molecule has 0 atom stereocenters. The molecule has 0 bridgehead atoms. The lowest BCUT2D eigenvalue weighted by molar-refractivity contribution is 0.968. The summed E-state index contributed by atoms with van der Waals surface area (Å²) >= 11 is 1.52. The van der Waals surface area contributed by atoms with Crippen LogP contribution in [0.25, 0.3) is 0 Å². The Hall–Kier alpha value is -1.23. The molecule has 55 valence electrons. The minimum atomic E-state index is 0.801. The van der Waals surface area contributed by atoms with Gasteiger partial charge in [0.2, 0.25) is 0 Å². The van der Waals surface area contributed by atoms with Gasteiger partial charge < -0.3 is 0 Å². The van der Waals surface area contributed by atoms with Crippen molar-refractivity contribution in [2.24, 2.45) is 5.10 Å². The van der Waals surface area contributed by atoms with Crippen LogP contribution in [0.15, 0.2) is 17.4 Å². The summed E-state index contributed by atoms with van der Waals surface area (Å²) in [7, 11) is 0. The van der Waals surface area contributed by atoms with Gasteiger partial charge >= 0.3 is 0 Å². The van der Waals surface area contributed by atoms with Gasteiger partial charge in [-0.05, 0) is 13.0 Å². The first-order valence-corrected chi connectivity index (χ1v) is 3.93. The van der Waals surface area contributed by atoms with Gasteiger partial charge in [0.25, 0.3) is 0 Å². The fraction of sp³-hybridized carbons (Fsp3) is 0.167. The van der Waals surface area contributed by atoms with Gasteiger partial charge in [0.15, 0.2) is 5.01 Å². The number of hydrogen-bond donors (Lipinski definition) is 0. The van der Waals surface area contributed by atoms with Crippen molar-refractivity contribution in [1.29, 1.82) is 0 Å². The first-order valence-electron chi connectivity index (χ1n) is 3.11. The average Bonchev–Trinajstić information content (AvgIpc) is 2.55. The second-order valence-electron chi connectivity index (χ2n) is 2.04. The van der Waals surface area contributed by atoms with Crippen molar-refractivity contribution in [1.82, 2.24) is 15.6 Å². The van der Waals surface area contributed by atoms with Crippen LogP contribution < -0.4 is 5.43 Å². The van der Waals surface area contributed by atoms with Gasteiger partial charge in [-0.15, -0.1) is 15.3 Å². The summed E-state index contributed by atoms with van der Waals surface area (Å²) in [5.41, 5.74) is 4.50. The number of hydrogen-bond acceptors (Lipinski definition) is 4. The minimum Gasteiger partial charge on any atom is -0.158 e. The van der Waals surface area contributed by atoms with Crippen molar-refractivity contribution < 1.29 is 0 Å². The van der Waals surface area contributed by atoms with E-state index in [4.69, 9.17) is 0 Å².